The maximum absolute atomic E-state index is 2.37. The molecule has 0 radical (unpaired) electrons. The molecule has 0 saturated carbocycles. The van der Waals surface area contributed by atoms with E-state index in [4.69, 9.17) is 0 Å². The standard InChI is InChI=1S/C54H38N2.C46H32N2/c1-4-13-39(14-5-1)41-23-30-48(31-24-41)55(49-32-25-42(26-33-49)40-15-6-2-7-16-40)50-34-27-43(28-35-50)44-17-12-18-45(37-44)46-29-36-54-52(38-46)51-21-10-11-22-53(51)56(54)47-19-8-3-9-20-47;1-3-13-39(14-4-1)47(41-26-21-34(22-27-41)37-20-19-33-11-7-8-12-36(33)31-37)42-28-23-35(24-29-42)38-25-30-46-44(32-38)43-17-9-10-18-45(43)48(46)40-15-5-2-6-16-40/h1-38H;1-32H. The second-order valence-corrected chi connectivity index (χ2v) is 26.5. The lowest BCUT2D eigenvalue weighted by Crippen LogP contribution is -2.09. The minimum absolute atomic E-state index is 1.10. The van der Waals surface area contributed by atoms with Gasteiger partial charge in [0, 0.05) is 67.0 Å². The molecule has 4 nitrogen and oxygen atoms in total. The van der Waals surface area contributed by atoms with E-state index in [0.29, 0.717) is 0 Å². The summed E-state index contributed by atoms with van der Waals surface area (Å²) in [6, 6.07) is 153. The molecule has 0 aliphatic rings. The summed E-state index contributed by atoms with van der Waals surface area (Å²) >= 11 is 0. The highest BCUT2D eigenvalue weighted by Gasteiger charge is 2.19. The van der Waals surface area contributed by atoms with E-state index < -0.39 is 0 Å². The lowest BCUT2D eigenvalue weighted by atomic mass is 9.97. The van der Waals surface area contributed by atoms with Crippen LogP contribution in [0.15, 0.2) is 425 Å². The van der Waals surface area contributed by atoms with Crippen molar-refractivity contribution in [3.05, 3.63) is 425 Å². The van der Waals surface area contributed by atoms with Crippen molar-refractivity contribution in [1.82, 2.24) is 9.13 Å². The second-order valence-electron chi connectivity index (χ2n) is 26.5. The number of anilines is 6. The third-order valence-corrected chi connectivity index (χ3v) is 20.2. The zero-order valence-corrected chi connectivity index (χ0v) is 57.2. The van der Waals surface area contributed by atoms with E-state index in [-0.39, 0.29) is 0 Å². The molecule has 490 valence electrons. The van der Waals surface area contributed by atoms with Gasteiger partial charge in [-0.3, -0.25) is 0 Å². The maximum Gasteiger partial charge on any atom is 0.0541 e. The molecule has 0 atom stereocenters. The van der Waals surface area contributed by atoms with Crippen molar-refractivity contribution in [1.29, 1.82) is 0 Å². The van der Waals surface area contributed by atoms with Crippen LogP contribution in [0, 0.1) is 0 Å². The van der Waals surface area contributed by atoms with E-state index in [1.54, 1.807) is 0 Å². The number of para-hydroxylation sites is 5. The van der Waals surface area contributed by atoms with Gasteiger partial charge in [-0.1, -0.05) is 279 Å². The first-order valence-corrected chi connectivity index (χ1v) is 35.6. The quantitative estimate of drug-likeness (QED) is 0.108. The summed E-state index contributed by atoms with van der Waals surface area (Å²) in [6.45, 7) is 0. The Morgan fingerprint density at radius 2 is 0.404 bits per heavy atom. The molecule has 0 amide bonds. The highest BCUT2D eigenvalue weighted by Crippen LogP contribution is 2.43. The van der Waals surface area contributed by atoms with Crippen molar-refractivity contribution in [2.45, 2.75) is 0 Å². The molecular formula is C100H70N4. The number of nitrogens with zero attached hydrogens (tertiary/aromatic N) is 4. The summed E-state index contributed by atoms with van der Waals surface area (Å²) in [7, 11) is 0. The Bertz CT molecular complexity index is 6130. The van der Waals surface area contributed by atoms with Crippen LogP contribution < -0.4 is 9.80 Å². The monoisotopic (exact) mass is 1330 g/mol. The number of aromatic nitrogens is 2. The Hall–Kier alpha value is -13.8. The fourth-order valence-corrected chi connectivity index (χ4v) is 15.0. The number of hydrogen-bond donors (Lipinski definition) is 0. The normalized spacial score (nSPS) is 11.3. The molecule has 0 spiro atoms. The Morgan fingerprint density at radius 3 is 0.827 bits per heavy atom. The lowest BCUT2D eigenvalue weighted by Gasteiger charge is -2.26. The first kappa shape index (κ1) is 62.5. The van der Waals surface area contributed by atoms with Gasteiger partial charge < -0.3 is 18.9 Å². The van der Waals surface area contributed by atoms with Gasteiger partial charge in [-0.25, -0.2) is 0 Å². The molecule has 0 unspecified atom stereocenters. The van der Waals surface area contributed by atoms with Gasteiger partial charge in [-0.2, -0.15) is 0 Å². The number of rotatable bonds is 14. The minimum atomic E-state index is 1.10. The first-order valence-electron chi connectivity index (χ1n) is 35.6. The van der Waals surface area contributed by atoms with Gasteiger partial charge in [0.15, 0.2) is 0 Å². The van der Waals surface area contributed by atoms with E-state index >= 15 is 0 Å². The van der Waals surface area contributed by atoms with Gasteiger partial charge in [0.2, 0.25) is 0 Å². The van der Waals surface area contributed by atoms with E-state index in [9.17, 15) is 0 Å². The second kappa shape index (κ2) is 27.7. The van der Waals surface area contributed by atoms with Crippen molar-refractivity contribution in [3.8, 4) is 78.1 Å². The molecule has 104 heavy (non-hydrogen) atoms. The SMILES string of the molecule is c1ccc(-c2ccc(N(c3ccc(-c4ccccc4)cc3)c3ccc(-c4cccc(-c5ccc6c(c5)c5ccccc5n6-c5ccccc5)c4)cc3)cc2)cc1.c1ccc(N(c2ccc(-c3ccc4ccccc4c3)cc2)c2ccc(-c3ccc4c(c3)c3ccccc3n4-c3ccccc3)cc2)cc1. The highest BCUT2D eigenvalue weighted by atomic mass is 15.1. The number of fused-ring (bicyclic) bond motifs is 7. The zero-order chi connectivity index (χ0) is 69.1. The van der Waals surface area contributed by atoms with Crippen molar-refractivity contribution in [2.24, 2.45) is 0 Å². The average molecular weight is 1330 g/mol. The van der Waals surface area contributed by atoms with Gasteiger partial charge in [-0.05, 0) is 223 Å². The van der Waals surface area contributed by atoms with E-state index in [1.165, 1.54) is 133 Å². The Morgan fingerprint density at radius 1 is 0.144 bits per heavy atom. The van der Waals surface area contributed by atoms with Gasteiger partial charge >= 0.3 is 0 Å². The average Bonchev–Trinajstić information content (AvgIpc) is 1.60. The summed E-state index contributed by atoms with van der Waals surface area (Å²) in [5.74, 6) is 0. The Kier molecular flexibility index (Phi) is 16.6. The molecule has 0 bridgehead atoms. The number of hydrogen-bond acceptors (Lipinski definition) is 2. The molecule has 2 aromatic heterocycles. The zero-order valence-electron chi connectivity index (χ0n) is 57.2. The molecule has 17 aromatic carbocycles. The van der Waals surface area contributed by atoms with E-state index in [1.807, 2.05) is 0 Å². The van der Waals surface area contributed by atoms with Crippen LogP contribution in [0.25, 0.3) is 133 Å². The van der Waals surface area contributed by atoms with Crippen LogP contribution >= 0.6 is 0 Å². The van der Waals surface area contributed by atoms with Crippen LogP contribution in [0.5, 0.6) is 0 Å². The van der Waals surface area contributed by atoms with Gasteiger partial charge in [-0.15, -0.1) is 0 Å². The summed E-state index contributed by atoms with van der Waals surface area (Å²) < 4.78 is 4.73. The van der Waals surface area contributed by atoms with Gasteiger partial charge in [0.05, 0.1) is 22.1 Å². The molecule has 0 fully saturated rings. The molecule has 4 heteroatoms. The molecule has 0 N–H and O–H groups in total. The molecular weight excluding hydrogens is 1260 g/mol. The minimum Gasteiger partial charge on any atom is -0.311 e. The maximum atomic E-state index is 2.37. The summed E-state index contributed by atoms with van der Waals surface area (Å²) in [4.78, 5) is 4.66. The molecule has 19 rings (SSSR count). The summed E-state index contributed by atoms with van der Waals surface area (Å²) in [5, 5.41) is 7.55. The van der Waals surface area contributed by atoms with Crippen molar-refractivity contribution in [2.75, 3.05) is 9.80 Å². The summed E-state index contributed by atoms with van der Waals surface area (Å²) in [6.07, 6.45) is 0. The van der Waals surface area contributed by atoms with Crippen LogP contribution in [0.1, 0.15) is 0 Å². The number of benzene rings is 17. The van der Waals surface area contributed by atoms with Crippen molar-refractivity contribution < 1.29 is 0 Å². The fourth-order valence-electron chi connectivity index (χ4n) is 15.0. The van der Waals surface area contributed by atoms with Crippen LogP contribution in [0.4, 0.5) is 34.1 Å². The van der Waals surface area contributed by atoms with Crippen molar-refractivity contribution >= 4 is 88.5 Å². The largest absolute Gasteiger partial charge is 0.311 e. The topological polar surface area (TPSA) is 16.3 Å². The fraction of sp³-hybridized carbons (Fsp3) is 0. The molecule has 2 heterocycles. The Labute approximate surface area is 606 Å². The first-order chi connectivity index (χ1) is 51.6. The predicted molar refractivity (Wildman–Crippen MR) is 441 cm³/mol. The Balaban J connectivity index is 0.000000150. The van der Waals surface area contributed by atoms with Gasteiger partial charge in [0.1, 0.15) is 0 Å². The van der Waals surface area contributed by atoms with Crippen LogP contribution in [0.2, 0.25) is 0 Å². The predicted octanol–water partition coefficient (Wildman–Crippen LogP) is 27.7. The third-order valence-electron chi connectivity index (χ3n) is 20.2. The van der Waals surface area contributed by atoms with Crippen LogP contribution in [0.3, 0.4) is 0 Å². The van der Waals surface area contributed by atoms with Crippen LogP contribution in [-0.4, -0.2) is 9.13 Å². The van der Waals surface area contributed by atoms with Gasteiger partial charge in [0.25, 0.3) is 0 Å². The molecule has 0 aliphatic carbocycles. The smallest absolute Gasteiger partial charge is 0.0541 e. The molecule has 0 aliphatic heterocycles. The molecule has 19 aromatic rings. The summed E-state index contributed by atoms with van der Waals surface area (Å²) in [5.41, 5.74) is 28.3. The molecule has 0 saturated heterocycles. The van der Waals surface area contributed by atoms with Crippen LogP contribution in [-0.2, 0) is 0 Å². The lowest BCUT2D eigenvalue weighted by molar-refractivity contribution is 1.18. The van der Waals surface area contributed by atoms with Crippen molar-refractivity contribution in [3.63, 3.8) is 0 Å². The van der Waals surface area contributed by atoms with E-state index in [2.05, 4.69) is 444 Å². The highest BCUT2D eigenvalue weighted by molar-refractivity contribution is 6.12. The van der Waals surface area contributed by atoms with E-state index in [0.717, 1.165) is 34.1 Å². The third kappa shape index (κ3) is 12.2.